The quantitative estimate of drug-likeness (QED) is 0.486. The van der Waals surface area contributed by atoms with E-state index in [4.69, 9.17) is 9.29 Å². The molecule has 0 aliphatic rings. The third kappa shape index (κ3) is 11.6. The van der Waals surface area contributed by atoms with Gasteiger partial charge in [-0.15, -0.1) is 0 Å². The van der Waals surface area contributed by atoms with Gasteiger partial charge in [0.1, 0.15) is 0 Å². The number of hydrogen-bond donors (Lipinski definition) is 1. The number of benzene rings is 1. The van der Waals surface area contributed by atoms with Crippen molar-refractivity contribution in [2.75, 3.05) is 0 Å². The maximum absolute atomic E-state index is 10.4. The fraction of sp³-hybridized carbons (Fsp3) is 0.444. The fourth-order valence-corrected chi connectivity index (χ4v) is 2.15. The molecule has 1 aromatic rings. The summed E-state index contributed by atoms with van der Waals surface area (Å²) in [5.74, 6) is 1.73. The molecule has 0 aromatic heterocycles. The Morgan fingerprint density at radius 1 is 1.00 bits per heavy atom. The Labute approximate surface area is 140 Å². The maximum Gasteiger partial charge on any atom is 0.294 e. The van der Waals surface area contributed by atoms with Gasteiger partial charge in [0.25, 0.3) is 10.1 Å². The van der Waals surface area contributed by atoms with Gasteiger partial charge in [-0.1, -0.05) is 58.0 Å². The van der Waals surface area contributed by atoms with Gasteiger partial charge in [0.15, 0.2) is 0 Å². The van der Waals surface area contributed by atoms with Crippen molar-refractivity contribution in [1.82, 2.24) is 0 Å². The lowest BCUT2D eigenvalue weighted by Crippen LogP contribution is -1.96. The third-order valence-corrected chi connectivity index (χ3v) is 3.82. The van der Waals surface area contributed by atoms with Crippen molar-refractivity contribution in [3.05, 3.63) is 55.0 Å². The average Bonchev–Trinajstić information content (AvgIpc) is 2.51. The van der Waals surface area contributed by atoms with E-state index in [9.17, 15) is 8.42 Å². The molecule has 0 bridgehead atoms. The van der Waals surface area contributed by atoms with E-state index in [-0.39, 0.29) is 4.90 Å². The molecule has 1 N–H and O–H groups in total. The SMILES string of the molecule is C=C(CCCC)OC(=C)CCCC.O=S(=O)(O)c1ccccc1. The minimum absolute atomic E-state index is 0.0741. The topological polar surface area (TPSA) is 63.6 Å². The Kier molecular flexibility index (Phi) is 11.1. The lowest BCUT2D eigenvalue weighted by Gasteiger charge is -2.10. The number of rotatable bonds is 9. The van der Waals surface area contributed by atoms with E-state index in [0.29, 0.717) is 0 Å². The summed E-state index contributed by atoms with van der Waals surface area (Å²) in [5.41, 5.74) is 0. The van der Waals surface area contributed by atoms with E-state index in [0.717, 1.165) is 37.2 Å². The summed E-state index contributed by atoms with van der Waals surface area (Å²) in [6.45, 7) is 12.0. The highest BCUT2D eigenvalue weighted by molar-refractivity contribution is 7.85. The van der Waals surface area contributed by atoms with Crippen LogP contribution < -0.4 is 0 Å². The Morgan fingerprint density at radius 2 is 1.43 bits per heavy atom. The normalized spacial score (nSPS) is 10.4. The van der Waals surface area contributed by atoms with Gasteiger partial charge in [-0.25, -0.2) is 0 Å². The zero-order valence-electron chi connectivity index (χ0n) is 14.1. The first-order chi connectivity index (χ1) is 10.8. The number of unbranched alkanes of at least 4 members (excludes halogenated alkanes) is 2. The van der Waals surface area contributed by atoms with E-state index < -0.39 is 10.1 Å². The van der Waals surface area contributed by atoms with Crippen LogP contribution in [0.15, 0.2) is 59.9 Å². The van der Waals surface area contributed by atoms with Crippen molar-refractivity contribution >= 4 is 10.1 Å². The van der Waals surface area contributed by atoms with Crippen LogP contribution in [0.1, 0.15) is 52.4 Å². The Balaban J connectivity index is 0.000000433. The maximum atomic E-state index is 10.4. The largest absolute Gasteiger partial charge is 0.467 e. The fourth-order valence-electron chi connectivity index (χ4n) is 1.65. The molecule has 0 heterocycles. The molecular formula is C18H28O4S. The van der Waals surface area contributed by atoms with Gasteiger partial charge in [0.05, 0.1) is 16.4 Å². The van der Waals surface area contributed by atoms with Gasteiger partial charge in [-0.05, 0) is 25.0 Å². The van der Waals surface area contributed by atoms with E-state index in [1.165, 1.54) is 25.0 Å². The molecule has 0 fully saturated rings. The molecule has 0 atom stereocenters. The van der Waals surface area contributed by atoms with Gasteiger partial charge < -0.3 is 4.74 Å². The zero-order chi connectivity index (χ0) is 17.7. The molecule has 0 aliphatic heterocycles. The van der Waals surface area contributed by atoms with Crippen molar-refractivity contribution < 1.29 is 17.7 Å². The average molecular weight is 340 g/mol. The van der Waals surface area contributed by atoms with Gasteiger partial charge in [0, 0.05) is 12.8 Å². The lowest BCUT2D eigenvalue weighted by molar-refractivity contribution is 0.276. The number of allylic oxidation sites excluding steroid dienone is 2. The molecule has 0 amide bonds. The molecule has 130 valence electrons. The van der Waals surface area contributed by atoms with Crippen LogP contribution in [0.2, 0.25) is 0 Å². The van der Waals surface area contributed by atoms with Crippen LogP contribution in [0.3, 0.4) is 0 Å². The minimum atomic E-state index is -4.00. The van der Waals surface area contributed by atoms with Crippen LogP contribution >= 0.6 is 0 Å². The smallest absolute Gasteiger partial charge is 0.294 e. The molecule has 0 saturated carbocycles. The molecule has 0 radical (unpaired) electrons. The number of ether oxygens (including phenoxy) is 1. The monoisotopic (exact) mass is 340 g/mol. The first kappa shape index (κ1) is 21.4. The van der Waals surface area contributed by atoms with Crippen molar-refractivity contribution in [1.29, 1.82) is 0 Å². The van der Waals surface area contributed by atoms with Crippen LogP contribution in [0.4, 0.5) is 0 Å². The standard InChI is InChI=1S/C12H22O.C6H6O3S/c1-5-7-9-11(3)13-12(4)10-8-6-2;7-10(8,9)6-4-2-1-3-5-6/h3-10H2,1-2H3;1-5H,(H,7,8,9). The van der Waals surface area contributed by atoms with Crippen molar-refractivity contribution in [2.45, 2.75) is 57.3 Å². The predicted molar refractivity (Wildman–Crippen MR) is 94.7 cm³/mol. The number of hydrogen-bond acceptors (Lipinski definition) is 3. The zero-order valence-corrected chi connectivity index (χ0v) is 14.9. The van der Waals surface area contributed by atoms with Gasteiger partial charge in [0.2, 0.25) is 0 Å². The molecule has 4 nitrogen and oxygen atoms in total. The van der Waals surface area contributed by atoms with E-state index in [1.54, 1.807) is 18.2 Å². The first-order valence-electron chi connectivity index (χ1n) is 7.87. The highest BCUT2D eigenvalue weighted by atomic mass is 32.2. The Morgan fingerprint density at radius 3 is 1.74 bits per heavy atom. The molecule has 5 heteroatoms. The van der Waals surface area contributed by atoms with Crippen LogP contribution in [0, 0.1) is 0 Å². The van der Waals surface area contributed by atoms with E-state index >= 15 is 0 Å². The summed E-state index contributed by atoms with van der Waals surface area (Å²) in [6.07, 6.45) is 6.59. The third-order valence-electron chi connectivity index (χ3n) is 2.95. The molecule has 1 aromatic carbocycles. The van der Waals surface area contributed by atoms with Crippen LogP contribution in [-0.2, 0) is 14.9 Å². The van der Waals surface area contributed by atoms with Crippen LogP contribution in [-0.4, -0.2) is 13.0 Å². The molecule has 0 aliphatic carbocycles. The van der Waals surface area contributed by atoms with Crippen LogP contribution in [0.25, 0.3) is 0 Å². The second-order valence-corrected chi connectivity index (χ2v) is 6.60. The van der Waals surface area contributed by atoms with E-state index in [2.05, 4.69) is 27.0 Å². The predicted octanol–water partition coefficient (Wildman–Crippen LogP) is 5.34. The molecule has 0 saturated heterocycles. The summed E-state index contributed by atoms with van der Waals surface area (Å²) in [6, 6.07) is 7.42. The van der Waals surface area contributed by atoms with Crippen LogP contribution in [0.5, 0.6) is 0 Å². The van der Waals surface area contributed by atoms with E-state index in [1.807, 2.05) is 0 Å². The summed E-state index contributed by atoms with van der Waals surface area (Å²) in [5, 5.41) is 0. The van der Waals surface area contributed by atoms with Gasteiger partial charge in [-0.3, -0.25) is 4.55 Å². The van der Waals surface area contributed by atoms with Crippen molar-refractivity contribution in [3.63, 3.8) is 0 Å². The second kappa shape index (κ2) is 11.9. The highest BCUT2D eigenvalue weighted by Crippen LogP contribution is 2.14. The van der Waals surface area contributed by atoms with Gasteiger partial charge >= 0.3 is 0 Å². The summed E-state index contributed by atoms with van der Waals surface area (Å²) in [7, 11) is -4.00. The second-order valence-electron chi connectivity index (χ2n) is 5.17. The first-order valence-corrected chi connectivity index (χ1v) is 9.31. The molecule has 23 heavy (non-hydrogen) atoms. The molecule has 0 spiro atoms. The molecular weight excluding hydrogens is 312 g/mol. The lowest BCUT2D eigenvalue weighted by atomic mass is 10.2. The summed E-state index contributed by atoms with van der Waals surface area (Å²) in [4.78, 5) is -0.0741. The van der Waals surface area contributed by atoms with Crippen molar-refractivity contribution in [3.8, 4) is 0 Å². The summed E-state index contributed by atoms with van der Waals surface area (Å²) >= 11 is 0. The molecule has 1 rings (SSSR count). The highest BCUT2D eigenvalue weighted by Gasteiger charge is 2.05. The Hall–Kier alpha value is -1.59. The van der Waals surface area contributed by atoms with Crippen molar-refractivity contribution in [2.24, 2.45) is 0 Å². The minimum Gasteiger partial charge on any atom is -0.467 e. The van der Waals surface area contributed by atoms with Gasteiger partial charge in [-0.2, -0.15) is 8.42 Å². The molecule has 0 unspecified atom stereocenters. The Bertz CT molecular complexity index is 544. The summed E-state index contributed by atoms with van der Waals surface area (Å²) < 4.78 is 34.7.